The van der Waals surface area contributed by atoms with Crippen LogP contribution in [0.15, 0.2) is 71.2 Å². The number of anilines is 2. The van der Waals surface area contributed by atoms with Gasteiger partial charge in [0.1, 0.15) is 0 Å². The second-order valence-electron chi connectivity index (χ2n) is 5.63. The first-order valence-corrected chi connectivity index (χ1v) is 7.84. The number of carbonyl (C=O) groups is 1. The molecule has 0 saturated carbocycles. The number of carbonyl (C=O) groups excluding carboxylic acids is 1. The Labute approximate surface area is 144 Å². The summed E-state index contributed by atoms with van der Waals surface area (Å²) in [4.78, 5) is 28.7. The van der Waals surface area contributed by atoms with E-state index in [0.717, 1.165) is 5.69 Å². The van der Waals surface area contributed by atoms with Gasteiger partial charge in [0.2, 0.25) is 5.95 Å². The highest BCUT2D eigenvalue weighted by atomic mass is 16.1. The first-order chi connectivity index (χ1) is 12.0. The summed E-state index contributed by atoms with van der Waals surface area (Å²) < 4.78 is 1.31. The molecule has 0 spiro atoms. The van der Waals surface area contributed by atoms with Crippen LogP contribution in [0.25, 0.3) is 10.9 Å². The predicted molar refractivity (Wildman–Crippen MR) is 99.5 cm³/mol. The molecule has 0 saturated heterocycles. The van der Waals surface area contributed by atoms with Crippen molar-refractivity contribution in [1.29, 1.82) is 0 Å². The first kappa shape index (κ1) is 16.4. The molecule has 0 atom stereocenters. The molecular formula is C19H18N4O2. The van der Waals surface area contributed by atoms with Gasteiger partial charge >= 0.3 is 0 Å². The zero-order valence-electron chi connectivity index (χ0n) is 14.0. The average Bonchev–Trinajstić information content (AvgIpc) is 2.58. The zero-order chi connectivity index (χ0) is 17.8. The maximum absolute atomic E-state index is 12.9. The van der Waals surface area contributed by atoms with Gasteiger partial charge in [0, 0.05) is 17.5 Å². The molecular weight excluding hydrogens is 316 g/mol. The molecule has 0 aliphatic heterocycles. The van der Waals surface area contributed by atoms with Crippen LogP contribution < -0.4 is 16.3 Å². The number of aromatic nitrogens is 2. The van der Waals surface area contributed by atoms with Gasteiger partial charge in [-0.25, -0.2) is 4.98 Å². The van der Waals surface area contributed by atoms with E-state index < -0.39 is 0 Å². The minimum Gasteiger partial charge on any atom is -0.324 e. The summed E-state index contributed by atoms with van der Waals surface area (Å²) in [6, 6.07) is 16.6. The number of para-hydroxylation sites is 2. The molecule has 2 N–H and O–H groups in total. The second kappa shape index (κ2) is 7.00. The van der Waals surface area contributed by atoms with Crippen LogP contribution in [0.5, 0.6) is 0 Å². The molecule has 25 heavy (non-hydrogen) atoms. The van der Waals surface area contributed by atoms with Gasteiger partial charge < -0.3 is 5.32 Å². The molecule has 3 aromatic rings. The Kier molecular flexibility index (Phi) is 4.61. The zero-order valence-corrected chi connectivity index (χ0v) is 14.0. The van der Waals surface area contributed by atoms with E-state index in [4.69, 9.17) is 0 Å². The van der Waals surface area contributed by atoms with Gasteiger partial charge in [-0.3, -0.25) is 15.0 Å². The molecule has 0 fully saturated rings. The van der Waals surface area contributed by atoms with E-state index in [-0.39, 0.29) is 11.3 Å². The average molecular weight is 334 g/mol. The standard InChI is InChI=1S/C19H18N4O2/c1-13(12-14(2)24)22-23-18(25)16-10-6-7-11-17(16)21-19(23)20-15-8-4-3-5-9-15/h3-12,22H,1-2H3,(H,20,21). The Bertz CT molecular complexity index is 1010. The third-order valence-electron chi connectivity index (χ3n) is 3.51. The van der Waals surface area contributed by atoms with Gasteiger partial charge in [-0.05, 0) is 38.1 Å². The third-order valence-corrected chi connectivity index (χ3v) is 3.51. The van der Waals surface area contributed by atoms with Crippen LogP contribution in [0, 0.1) is 0 Å². The molecule has 0 aliphatic rings. The number of nitrogens with zero attached hydrogens (tertiary/aromatic N) is 2. The molecule has 0 bridgehead atoms. The Morgan fingerprint density at radius 1 is 1.04 bits per heavy atom. The maximum Gasteiger partial charge on any atom is 0.281 e. The molecule has 0 amide bonds. The Hall–Kier alpha value is -3.41. The lowest BCUT2D eigenvalue weighted by Crippen LogP contribution is -2.31. The number of rotatable bonds is 5. The van der Waals surface area contributed by atoms with Crippen LogP contribution in [-0.2, 0) is 4.79 Å². The molecule has 3 rings (SSSR count). The van der Waals surface area contributed by atoms with Crippen LogP contribution in [0.1, 0.15) is 13.8 Å². The van der Waals surface area contributed by atoms with E-state index in [1.54, 1.807) is 25.1 Å². The van der Waals surface area contributed by atoms with E-state index in [9.17, 15) is 9.59 Å². The van der Waals surface area contributed by atoms with Crippen molar-refractivity contribution < 1.29 is 4.79 Å². The fourth-order valence-electron chi connectivity index (χ4n) is 2.48. The Balaban J connectivity index is 2.13. The number of allylic oxidation sites excluding steroid dienone is 2. The largest absolute Gasteiger partial charge is 0.324 e. The van der Waals surface area contributed by atoms with Crippen molar-refractivity contribution in [2.45, 2.75) is 13.8 Å². The molecule has 1 aromatic heterocycles. The summed E-state index contributed by atoms with van der Waals surface area (Å²) in [5, 5.41) is 3.63. The monoisotopic (exact) mass is 334 g/mol. The SMILES string of the molecule is CC(=O)C=C(C)Nn1c(Nc2ccccc2)nc2ccccc2c1=O. The molecule has 126 valence electrons. The molecule has 0 unspecified atom stereocenters. The summed E-state index contributed by atoms with van der Waals surface area (Å²) in [6.45, 7) is 3.17. The number of fused-ring (bicyclic) bond motifs is 1. The van der Waals surface area contributed by atoms with Crippen LogP contribution in [0.3, 0.4) is 0 Å². The summed E-state index contributed by atoms with van der Waals surface area (Å²) in [7, 11) is 0. The normalized spacial score (nSPS) is 11.4. The highest BCUT2D eigenvalue weighted by Crippen LogP contribution is 2.16. The Morgan fingerprint density at radius 3 is 2.44 bits per heavy atom. The first-order valence-electron chi connectivity index (χ1n) is 7.84. The molecule has 6 nitrogen and oxygen atoms in total. The highest BCUT2D eigenvalue weighted by Gasteiger charge is 2.11. The van der Waals surface area contributed by atoms with E-state index in [1.807, 2.05) is 36.4 Å². The van der Waals surface area contributed by atoms with Crippen molar-refractivity contribution >= 4 is 28.3 Å². The second-order valence-corrected chi connectivity index (χ2v) is 5.63. The number of nitrogens with one attached hydrogen (secondary N) is 2. The lowest BCUT2D eigenvalue weighted by molar-refractivity contribution is -0.112. The summed E-state index contributed by atoms with van der Waals surface area (Å²) in [5.41, 5.74) is 4.63. The van der Waals surface area contributed by atoms with Gasteiger partial charge in [-0.2, -0.15) is 4.68 Å². The number of hydrogen-bond donors (Lipinski definition) is 2. The number of hydrogen-bond acceptors (Lipinski definition) is 5. The molecule has 2 aromatic carbocycles. The predicted octanol–water partition coefficient (Wildman–Crippen LogP) is 3.18. The van der Waals surface area contributed by atoms with Gasteiger partial charge in [-0.15, -0.1) is 0 Å². The van der Waals surface area contributed by atoms with Gasteiger partial charge in [0.15, 0.2) is 5.78 Å². The van der Waals surface area contributed by atoms with E-state index in [1.165, 1.54) is 17.7 Å². The highest BCUT2D eigenvalue weighted by molar-refractivity contribution is 5.88. The maximum atomic E-state index is 12.9. The van der Waals surface area contributed by atoms with E-state index >= 15 is 0 Å². The lowest BCUT2D eigenvalue weighted by atomic mass is 10.2. The minimum atomic E-state index is -0.250. The van der Waals surface area contributed by atoms with Crippen molar-refractivity contribution in [3.8, 4) is 0 Å². The van der Waals surface area contributed by atoms with Crippen molar-refractivity contribution in [2.24, 2.45) is 0 Å². The van der Waals surface area contributed by atoms with Crippen molar-refractivity contribution in [3.63, 3.8) is 0 Å². The molecule has 0 radical (unpaired) electrons. The van der Waals surface area contributed by atoms with E-state index in [0.29, 0.717) is 22.5 Å². The Morgan fingerprint density at radius 2 is 1.72 bits per heavy atom. The summed E-state index contributed by atoms with van der Waals surface area (Å²) in [5.74, 6) is 0.232. The van der Waals surface area contributed by atoms with Crippen molar-refractivity contribution in [2.75, 3.05) is 10.7 Å². The topological polar surface area (TPSA) is 76.0 Å². The van der Waals surface area contributed by atoms with Crippen LogP contribution in [-0.4, -0.2) is 15.4 Å². The fraction of sp³-hybridized carbons (Fsp3) is 0.105. The fourth-order valence-corrected chi connectivity index (χ4v) is 2.48. The van der Waals surface area contributed by atoms with Crippen LogP contribution >= 0.6 is 0 Å². The lowest BCUT2D eigenvalue weighted by Gasteiger charge is -2.16. The number of benzene rings is 2. The van der Waals surface area contributed by atoms with Crippen LogP contribution in [0.2, 0.25) is 0 Å². The number of ketones is 1. The van der Waals surface area contributed by atoms with Crippen LogP contribution in [0.4, 0.5) is 11.6 Å². The smallest absolute Gasteiger partial charge is 0.281 e. The quantitative estimate of drug-likeness (QED) is 0.701. The van der Waals surface area contributed by atoms with Gasteiger partial charge in [0.25, 0.3) is 5.56 Å². The minimum absolute atomic E-state index is 0.107. The van der Waals surface area contributed by atoms with Crippen molar-refractivity contribution in [3.05, 3.63) is 76.7 Å². The van der Waals surface area contributed by atoms with Gasteiger partial charge in [-0.1, -0.05) is 30.3 Å². The molecule has 0 aliphatic carbocycles. The third kappa shape index (κ3) is 3.74. The summed E-state index contributed by atoms with van der Waals surface area (Å²) in [6.07, 6.45) is 1.42. The van der Waals surface area contributed by atoms with Crippen molar-refractivity contribution in [1.82, 2.24) is 9.66 Å². The van der Waals surface area contributed by atoms with E-state index in [2.05, 4.69) is 15.7 Å². The summed E-state index contributed by atoms with van der Waals surface area (Å²) >= 11 is 0. The molecule has 1 heterocycles. The van der Waals surface area contributed by atoms with Gasteiger partial charge in [0.05, 0.1) is 10.9 Å². The molecule has 6 heteroatoms.